The van der Waals surface area contributed by atoms with E-state index in [9.17, 15) is 22.0 Å². The normalized spacial score (nSPS) is 11.3. The number of nitrogens with one attached hydrogen (secondary N) is 3. The van der Waals surface area contributed by atoms with Gasteiger partial charge in [0, 0.05) is 18.0 Å². The number of anilines is 1. The summed E-state index contributed by atoms with van der Waals surface area (Å²) in [6.45, 7) is -1.64. The summed E-state index contributed by atoms with van der Waals surface area (Å²) in [5.74, 6) is -0.852. The number of hydrogen-bond acceptors (Lipinski definition) is 6. The predicted octanol–water partition coefficient (Wildman–Crippen LogP) is 1.22. The van der Waals surface area contributed by atoms with Crippen LogP contribution in [-0.4, -0.2) is 36.0 Å². The summed E-state index contributed by atoms with van der Waals surface area (Å²) in [4.78, 5) is 21.4. The van der Waals surface area contributed by atoms with Crippen molar-refractivity contribution in [3.63, 3.8) is 0 Å². The van der Waals surface area contributed by atoms with Crippen LogP contribution in [0, 0.1) is 6.92 Å². The first kappa shape index (κ1) is 16.6. The van der Waals surface area contributed by atoms with Gasteiger partial charge in [0.2, 0.25) is 11.8 Å². The Kier molecular flexibility index (Phi) is 4.74. The number of sulfonamides is 1. The Morgan fingerprint density at radius 3 is 2.74 bits per heavy atom. The topological polar surface area (TPSA) is 126 Å². The number of nitrogens with zero attached hydrogens (tertiary/aromatic N) is 2. The van der Waals surface area contributed by atoms with Crippen LogP contribution in [0.4, 0.5) is 19.5 Å². The van der Waals surface area contributed by atoms with Crippen molar-refractivity contribution in [2.75, 3.05) is 5.32 Å². The van der Waals surface area contributed by atoms with E-state index in [4.69, 9.17) is 0 Å². The fraction of sp³-hybridized carbons (Fsp3) is 0.182. The van der Waals surface area contributed by atoms with Gasteiger partial charge in [-0.1, -0.05) is 0 Å². The highest BCUT2D eigenvalue weighted by Gasteiger charge is 2.19. The van der Waals surface area contributed by atoms with E-state index in [-0.39, 0.29) is 16.7 Å². The van der Waals surface area contributed by atoms with Gasteiger partial charge >= 0.3 is 12.6 Å². The van der Waals surface area contributed by atoms with E-state index in [1.54, 1.807) is 4.72 Å². The van der Waals surface area contributed by atoms with Crippen molar-refractivity contribution in [3.8, 4) is 5.88 Å². The molecule has 12 heteroatoms. The third-order valence-electron chi connectivity index (χ3n) is 2.35. The van der Waals surface area contributed by atoms with Gasteiger partial charge in [0.05, 0.1) is 0 Å². The van der Waals surface area contributed by atoms with E-state index in [1.807, 2.05) is 5.32 Å². The maximum Gasteiger partial charge on any atom is 0.388 e. The molecule has 0 spiro atoms. The fourth-order valence-electron chi connectivity index (χ4n) is 1.53. The number of carbonyl (C=O) groups excluding carboxylic acids is 1. The van der Waals surface area contributed by atoms with Crippen molar-refractivity contribution in [2.45, 2.75) is 18.6 Å². The van der Waals surface area contributed by atoms with Crippen molar-refractivity contribution in [1.82, 2.24) is 19.7 Å². The zero-order valence-electron chi connectivity index (χ0n) is 11.6. The van der Waals surface area contributed by atoms with Gasteiger partial charge in [-0.2, -0.15) is 22.2 Å². The number of ether oxygens (including phenoxy) is 1. The van der Waals surface area contributed by atoms with E-state index in [2.05, 4.69) is 19.7 Å². The average molecular weight is 347 g/mol. The number of rotatable bonds is 5. The van der Waals surface area contributed by atoms with Crippen LogP contribution in [0.5, 0.6) is 5.88 Å². The Balaban J connectivity index is 2.10. The number of H-pyrrole nitrogens is 1. The highest BCUT2D eigenvalue weighted by atomic mass is 32.2. The second-order valence-corrected chi connectivity index (χ2v) is 5.79. The number of carbonyl (C=O) groups is 1. The van der Waals surface area contributed by atoms with E-state index < -0.39 is 28.5 Å². The zero-order valence-corrected chi connectivity index (χ0v) is 12.4. The van der Waals surface area contributed by atoms with Gasteiger partial charge in [0.15, 0.2) is 5.03 Å². The van der Waals surface area contributed by atoms with Crippen molar-refractivity contribution >= 4 is 22.0 Å². The molecule has 0 aliphatic carbocycles. The number of aromatic amines is 1. The van der Waals surface area contributed by atoms with Crippen LogP contribution in [0.3, 0.4) is 0 Å². The highest BCUT2D eigenvalue weighted by Crippen LogP contribution is 2.14. The summed E-state index contributed by atoms with van der Waals surface area (Å²) in [5, 5.41) is 1.80. The lowest BCUT2D eigenvalue weighted by molar-refractivity contribution is -0.0528. The lowest BCUT2D eigenvalue weighted by Gasteiger charge is -2.09. The molecule has 0 atom stereocenters. The molecule has 2 heterocycles. The Labute approximate surface area is 129 Å². The van der Waals surface area contributed by atoms with Crippen LogP contribution in [0.2, 0.25) is 0 Å². The average Bonchev–Trinajstić information content (AvgIpc) is 2.90. The molecule has 0 fully saturated rings. The molecule has 0 saturated heterocycles. The molecular formula is C11H11F2N5O4S. The molecule has 0 aliphatic heterocycles. The molecule has 2 aromatic heterocycles. The molecule has 2 amide bonds. The molecule has 124 valence electrons. The number of aromatic nitrogens is 3. The summed E-state index contributed by atoms with van der Waals surface area (Å²) >= 11 is 0. The molecule has 23 heavy (non-hydrogen) atoms. The largest absolute Gasteiger partial charge is 0.417 e. The Bertz CT molecular complexity index is 795. The molecule has 2 rings (SSSR count). The maximum atomic E-state index is 12.2. The van der Waals surface area contributed by atoms with Crippen LogP contribution in [0.25, 0.3) is 0 Å². The lowest BCUT2D eigenvalue weighted by Crippen LogP contribution is -2.35. The predicted molar refractivity (Wildman–Crippen MR) is 73.5 cm³/mol. The molecule has 3 N–H and O–H groups in total. The molecule has 0 aliphatic rings. The van der Waals surface area contributed by atoms with Crippen molar-refractivity contribution < 1.29 is 26.7 Å². The van der Waals surface area contributed by atoms with Crippen LogP contribution < -0.4 is 14.8 Å². The summed E-state index contributed by atoms with van der Waals surface area (Å²) in [7, 11) is -4.10. The van der Waals surface area contributed by atoms with Crippen molar-refractivity contribution in [1.29, 1.82) is 0 Å². The minimum absolute atomic E-state index is 0.223. The van der Waals surface area contributed by atoms with E-state index >= 15 is 0 Å². The van der Waals surface area contributed by atoms with Gasteiger partial charge < -0.3 is 9.72 Å². The zero-order chi connectivity index (χ0) is 17.0. The number of urea groups is 1. The van der Waals surface area contributed by atoms with Crippen LogP contribution in [0.1, 0.15) is 5.69 Å². The van der Waals surface area contributed by atoms with E-state index in [1.165, 1.54) is 25.3 Å². The molecule has 0 bridgehead atoms. The molecule has 0 aromatic carbocycles. The minimum Gasteiger partial charge on any atom is -0.417 e. The Morgan fingerprint density at radius 2 is 2.13 bits per heavy atom. The van der Waals surface area contributed by atoms with E-state index in [0.717, 1.165) is 6.07 Å². The third-order valence-corrected chi connectivity index (χ3v) is 3.64. The molecular weight excluding hydrogens is 336 g/mol. The highest BCUT2D eigenvalue weighted by molar-refractivity contribution is 7.90. The standard InChI is InChI=1S/C11H11F2N5O4S/c1-6-5-7(22-9(12)13)16-10(15-6)17-11(19)18-23(20,21)8-3-2-4-14-8/h2-5,9,14H,1H3,(H2,15,16,17,18,19). The second-order valence-electron chi connectivity index (χ2n) is 4.14. The number of alkyl halides is 2. The summed E-state index contributed by atoms with van der Waals surface area (Å²) in [6, 6.07) is 2.65. The fourth-order valence-corrected chi connectivity index (χ4v) is 2.42. The Hall–Kier alpha value is -2.76. The number of aryl methyl sites for hydroxylation is 1. The lowest BCUT2D eigenvalue weighted by atomic mass is 10.4. The smallest absolute Gasteiger partial charge is 0.388 e. The number of amides is 2. The van der Waals surface area contributed by atoms with Gasteiger partial charge in [0.25, 0.3) is 10.0 Å². The van der Waals surface area contributed by atoms with Crippen molar-refractivity contribution in [3.05, 3.63) is 30.1 Å². The van der Waals surface area contributed by atoms with Crippen molar-refractivity contribution in [2.24, 2.45) is 0 Å². The van der Waals surface area contributed by atoms with E-state index in [0.29, 0.717) is 0 Å². The van der Waals surface area contributed by atoms with Gasteiger partial charge in [-0.05, 0) is 19.1 Å². The number of hydrogen-bond donors (Lipinski definition) is 3. The van der Waals surface area contributed by atoms with Crippen LogP contribution in [-0.2, 0) is 10.0 Å². The summed E-state index contributed by atoms with van der Waals surface area (Å²) in [5.41, 5.74) is 0.234. The monoisotopic (exact) mass is 347 g/mol. The molecule has 0 saturated carbocycles. The minimum atomic E-state index is -4.10. The van der Waals surface area contributed by atoms with Gasteiger partial charge in [-0.25, -0.2) is 14.5 Å². The first-order chi connectivity index (χ1) is 10.8. The van der Waals surface area contributed by atoms with Gasteiger partial charge in [-0.15, -0.1) is 0 Å². The molecule has 2 aromatic rings. The summed E-state index contributed by atoms with van der Waals surface area (Å²) < 4.78 is 53.7. The van der Waals surface area contributed by atoms with Gasteiger partial charge in [0.1, 0.15) is 0 Å². The molecule has 0 unspecified atom stereocenters. The SMILES string of the molecule is Cc1cc(OC(F)F)nc(NC(=O)NS(=O)(=O)c2ccc[nH]2)n1. The Morgan fingerprint density at radius 1 is 1.39 bits per heavy atom. The van der Waals surface area contributed by atoms with Crippen LogP contribution >= 0.6 is 0 Å². The second kappa shape index (κ2) is 6.56. The first-order valence-corrected chi connectivity index (χ1v) is 7.52. The maximum absolute atomic E-state index is 12.2. The molecule has 9 nitrogen and oxygen atoms in total. The van der Waals surface area contributed by atoms with Gasteiger partial charge in [-0.3, -0.25) is 5.32 Å². The molecule has 0 radical (unpaired) electrons. The summed E-state index contributed by atoms with van der Waals surface area (Å²) in [6.07, 6.45) is 1.37. The first-order valence-electron chi connectivity index (χ1n) is 6.04. The third kappa shape index (κ3) is 4.60. The quantitative estimate of drug-likeness (QED) is 0.747. The van der Waals surface area contributed by atoms with Crippen LogP contribution in [0.15, 0.2) is 29.4 Å². The number of halogens is 2.